The number of hydrogen-bond acceptors (Lipinski definition) is 5. The minimum Gasteiger partial charge on any atom is -0.391 e. The van der Waals surface area contributed by atoms with Crippen molar-refractivity contribution in [2.24, 2.45) is 0 Å². The van der Waals surface area contributed by atoms with Crippen molar-refractivity contribution < 1.29 is 25.2 Å². The van der Waals surface area contributed by atoms with Gasteiger partial charge < -0.3 is 25.2 Å². The van der Waals surface area contributed by atoms with Gasteiger partial charge >= 0.3 is 0 Å². The molecular formula is C7H14O5. The lowest BCUT2D eigenvalue weighted by Gasteiger charge is -2.32. The summed E-state index contributed by atoms with van der Waals surface area (Å²) >= 11 is 0. The molecule has 0 aromatic carbocycles. The molecule has 0 saturated heterocycles. The van der Waals surface area contributed by atoms with E-state index >= 15 is 0 Å². The summed E-state index contributed by atoms with van der Waals surface area (Å²) in [7, 11) is 0. The standard InChI is InChI=1S/C7H14O5/c1-4(9)6(11)7(2,12)5(10)3-8/h3-6,9-12H,1-2H3/t4-,5+,6+,7-/m0/s1. The normalized spacial score (nSPS) is 23.8. The number of aliphatic hydroxyl groups excluding tert-OH is 3. The van der Waals surface area contributed by atoms with Crippen molar-refractivity contribution in [3.63, 3.8) is 0 Å². The third kappa shape index (κ3) is 2.25. The summed E-state index contributed by atoms with van der Waals surface area (Å²) in [4.78, 5) is 10.1. The molecule has 4 N–H and O–H groups in total. The van der Waals surface area contributed by atoms with Gasteiger partial charge in [-0.1, -0.05) is 0 Å². The summed E-state index contributed by atoms with van der Waals surface area (Å²) in [5.41, 5.74) is -2.02. The number of carbonyl (C=O) groups excluding carboxylic acids is 1. The fraction of sp³-hybridized carbons (Fsp3) is 0.857. The molecule has 4 atom stereocenters. The van der Waals surface area contributed by atoms with E-state index < -0.39 is 23.9 Å². The molecule has 0 bridgehead atoms. The molecule has 0 amide bonds. The van der Waals surface area contributed by atoms with Crippen molar-refractivity contribution in [2.75, 3.05) is 0 Å². The molecule has 0 aliphatic heterocycles. The van der Waals surface area contributed by atoms with Gasteiger partial charge in [0, 0.05) is 0 Å². The molecule has 0 aromatic rings. The van der Waals surface area contributed by atoms with E-state index in [4.69, 9.17) is 15.3 Å². The Morgan fingerprint density at radius 1 is 1.33 bits per heavy atom. The second kappa shape index (κ2) is 3.95. The third-order valence-corrected chi connectivity index (χ3v) is 1.78. The Morgan fingerprint density at radius 3 is 2.00 bits per heavy atom. The van der Waals surface area contributed by atoms with E-state index in [2.05, 4.69) is 0 Å². The van der Waals surface area contributed by atoms with Crippen LogP contribution in [0.15, 0.2) is 0 Å². The molecule has 0 aliphatic rings. The highest BCUT2D eigenvalue weighted by Gasteiger charge is 2.40. The zero-order valence-corrected chi connectivity index (χ0v) is 7.01. The highest BCUT2D eigenvalue weighted by molar-refractivity contribution is 5.58. The van der Waals surface area contributed by atoms with Crippen molar-refractivity contribution in [2.45, 2.75) is 37.8 Å². The Bertz CT molecular complexity index is 154. The van der Waals surface area contributed by atoms with Crippen LogP contribution in [-0.4, -0.2) is 50.6 Å². The van der Waals surface area contributed by atoms with Gasteiger partial charge in [-0.15, -0.1) is 0 Å². The van der Waals surface area contributed by atoms with Crippen LogP contribution >= 0.6 is 0 Å². The minimum atomic E-state index is -2.02. The topological polar surface area (TPSA) is 98.0 Å². The number of carbonyl (C=O) groups is 1. The first-order valence-corrected chi connectivity index (χ1v) is 3.56. The molecule has 5 heteroatoms. The Balaban J connectivity index is 4.47. The Morgan fingerprint density at radius 2 is 1.75 bits per heavy atom. The SMILES string of the molecule is C[C@H](O)[C@@H](O)[C@@](C)(O)[C@H](O)C=O. The van der Waals surface area contributed by atoms with Crippen LogP contribution in [0.1, 0.15) is 13.8 Å². The number of rotatable bonds is 4. The van der Waals surface area contributed by atoms with Crippen LogP contribution in [0, 0.1) is 0 Å². The van der Waals surface area contributed by atoms with Crippen LogP contribution in [0.3, 0.4) is 0 Å². The maximum absolute atomic E-state index is 10.1. The third-order valence-electron chi connectivity index (χ3n) is 1.78. The molecule has 0 radical (unpaired) electrons. The lowest BCUT2D eigenvalue weighted by Crippen LogP contribution is -2.54. The summed E-state index contributed by atoms with van der Waals surface area (Å²) in [5, 5.41) is 36.2. The summed E-state index contributed by atoms with van der Waals surface area (Å²) in [6.45, 7) is 2.32. The summed E-state index contributed by atoms with van der Waals surface area (Å²) in [5.74, 6) is 0. The monoisotopic (exact) mass is 178 g/mol. The van der Waals surface area contributed by atoms with Crippen molar-refractivity contribution in [1.29, 1.82) is 0 Å². The molecule has 5 nitrogen and oxygen atoms in total. The molecule has 0 saturated carbocycles. The fourth-order valence-corrected chi connectivity index (χ4v) is 0.801. The molecule has 72 valence electrons. The highest BCUT2D eigenvalue weighted by atomic mass is 16.4. The molecule has 0 rings (SSSR count). The van der Waals surface area contributed by atoms with Crippen molar-refractivity contribution in [3.8, 4) is 0 Å². The maximum Gasteiger partial charge on any atom is 0.151 e. The average molecular weight is 178 g/mol. The number of aliphatic hydroxyl groups is 4. The minimum absolute atomic E-state index is 0.103. The summed E-state index contributed by atoms with van der Waals surface area (Å²) < 4.78 is 0. The van der Waals surface area contributed by atoms with Gasteiger partial charge in [0.05, 0.1) is 6.10 Å². The first-order valence-electron chi connectivity index (χ1n) is 3.56. The van der Waals surface area contributed by atoms with E-state index in [0.717, 1.165) is 6.92 Å². The smallest absolute Gasteiger partial charge is 0.151 e. The molecule has 12 heavy (non-hydrogen) atoms. The summed E-state index contributed by atoms with van der Waals surface area (Å²) in [6.07, 6.45) is -4.37. The molecule has 0 spiro atoms. The molecule has 0 heterocycles. The highest BCUT2D eigenvalue weighted by Crippen LogP contribution is 2.16. The number of hydrogen-bond donors (Lipinski definition) is 4. The van der Waals surface area contributed by atoms with Gasteiger partial charge in [-0.2, -0.15) is 0 Å². The molecular weight excluding hydrogens is 164 g/mol. The second-order valence-electron chi connectivity index (χ2n) is 2.99. The van der Waals surface area contributed by atoms with Crippen LogP contribution < -0.4 is 0 Å². The van der Waals surface area contributed by atoms with Crippen molar-refractivity contribution in [3.05, 3.63) is 0 Å². The van der Waals surface area contributed by atoms with Crippen molar-refractivity contribution >= 4 is 6.29 Å². The van der Waals surface area contributed by atoms with Crippen LogP contribution in [0.5, 0.6) is 0 Å². The predicted octanol–water partition coefficient (Wildman–Crippen LogP) is -1.96. The van der Waals surface area contributed by atoms with Gasteiger partial charge in [0.25, 0.3) is 0 Å². The van der Waals surface area contributed by atoms with Gasteiger partial charge in [-0.05, 0) is 13.8 Å². The maximum atomic E-state index is 10.1. The first-order chi connectivity index (χ1) is 5.34. The zero-order valence-electron chi connectivity index (χ0n) is 7.01. The van der Waals surface area contributed by atoms with Crippen molar-refractivity contribution in [1.82, 2.24) is 0 Å². The van der Waals surface area contributed by atoms with E-state index in [1.807, 2.05) is 0 Å². The van der Waals surface area contributed by atoms with E-state index in [0.29, 0.717) is 0 Å². The van der Waals surface area contributed by atoms with Crippen LogP contribution in [0.2, 0.25) is 0 Å². The Kier molecular flexibility index (Phi) is 3.79. The van der Waals surface area contributed by atoms with Crippen LogP contribution in [-0.2, 0) is 4.79 Å². The van der Waals surface area contributed by atoms with Gasteiger partial charge in [-0.25, -0.2) is 0 Å². The first kappa shape index (κ1) is 11.5. The van der Waals surface area contributed by atoms with Gasteiger partial charge in [0.1, 0.15) is 17.8 Å². The van der Waals surface area contributed by atoms with Gasteiger partial charge in [0.15, 0.2) is 6.29 Å². The zero-order chi connectivity index (χ0) is 9.94. The van der Waals surface area contributed by atoms with E-state index in [-0.39, 0.29) is 6.29 Å². The Labute approximate surface area is 70.3 Å². The van der Waals surface area contributed by atoms with Gasteiger partial charge in [0.2, 0.25) is 0 Å². The van der Waals surface area contributed by atoms with Crippen LogP contribution in [0.4, 0.5) is 0 Å². The average Bonchev–Trinajstić information content (AvgIpc) is 2.01. The molecule has 0 fully saturated rings. The van der Waals surface area contributed by atoms with E-state index in [1.165, 1.54) is 6.92 Å². The lowest BCUT2D eigenvalue weighted by atomic mass is 9.90. The predicted molar refractivity (Wildman–Crippen MR) is 40.4 cm³/mol. The largest absolute Gasteiger partial charge is 0.391 e. The Hall–Kier alpha value is -0.490. The summed E-state index contributed by atoms with van der Waals surface area (Å²) in [6, 6.07) is 0. The van der Waals surface area contributed by atoms with Gasteiger partial charge in [-0.3, -0.25) is 0 Å². The molecule has 0 unspecified atom stereocenters. The van der Waals surface area contributed by atoms with E-state index in [9.17, 15) is 9.90 Å². The van der Waals surface area contributed by atoms with Crippen LogP contribution in [0.25, 0.3) is 0 Å². The fourth-order valence-electron chi connectivity index (χ4n) is 0.801. The van der Waals surface area contributed by atoms with E-state index in [1.54, 1.807) is 0 Å². The quantitative estimate of drug-likeness (QED) is 0.375. The number of aldehydes is 1. The lowest BCUT2D eigenvalue weighted by molar-refractivity contribution is -0.166. The molecule has 0 aromatic heterocycles. The molecule has 0 aliphatic carbocycles. The second-order valence-corrected chi connectivity index (χ2v) is 2.99.